The Morgan fingerprint density at radius 3 is 1.12 bits per heavy atom. The minimum absolute atomic E-state index is 0.555. The van der Waals surface area contributed by atoms with Crippen molar-refractivity contribution in [2.24, 2.45) is 0 Å². The fourth-order valence-corrected chi connectivity index (χ4v) is 15.6. The molecule has 22 rings (SSSR count). The van der Waals surface area contributed by atoms with Crippen LogP contribution in [0.1, 0.15) is 0 Å². The zero-order valence-corrected chi connectivity index (χ0v) is 54.5. The predicted octanol–water partition coefficient (Wildman–Crippen LogP) is 22.6. The van der Waals surface area contributed by atoms with Crippen molar-refractivity contribution < 1.29 is 8.83 Å². The van der Waals surface area contributed by atoms with Crippen LogP contribution in [0.2, 0.25) is 0 Å². The number of furan rings is 2. The van der Waals surface area contributed by atoms with Gasteiger partial charge in [0.2, 0.25) is 11.9 Å². The molecule has 8 aromatic heterocycles. The molecule has 12 nitrogen and oxygen atoms in total. The minimum Gasteiger partial charge on any atom is -0.456 e. The van der Waals surface area contributed by atoms with Crippen molar-refractivity contribution in [3.8, 4) is 68.8 Å². The van der Waals surface area contributed by atoms with Crippen LogP contribution in [-0.4, -0.2) is 48.2 Å². The number of benzene rings is 14. The average Bonchev–Trinajstić information content (AvgIpc) is 1.55. The van der Waals surface area contributed by atoms with Crippen molar-refractivity contribution in [3.63, 3.8) is 0 Å². The maximum Gasteiger partial charge on any atom is 0.238 e. The second-order valence-corrected chi connectivity index (χ2v) is 25.7. The number of hydrogen-bond donors (Lipinski definition) is 0. The van der Waals surface area contributed by atoms with Crippen molar-refractivity contribution in [1.82, 2.24) is 48.2 Å². The highest BCUT2D eigenvalue weighted by molar-refractivity contribution is 6.28. The van der Waals surface area contributed by atoms with Gasteiger partial charge in [0.25, 0.3) is 0 Å². The lowest BCUT2D eigenvalue weighted by molar-refractivity contribution is 0.668. The van der Waals surface area contributed by atoms with Gasteiger partial charge in [0.05, 0.1) is 44.1 Å². The zero-order valence-electron chi connectivity index (χ0n) is 54.5. The molecule has 102 heavy (non-hydrogen) atoms. The molecule has 0 N–H and O–H groups in total. The van der Waals surface area contributed by atoms with Crippen LogP contribution in [0.4, 0.5) is 0 Å². The number of aromatic nitrogens is 10. The normalized spacial score (nSPS) is 11.9. The fraction of sp³-hybridized carbons (Fsp3) is 0. The Morgan fingerprint density at radius 1 is 0.206 bits per heavy atom. The molecule has 12 heteroatoms. The molecule has 0 saturated carbocycles. The van der Waals surface area contributed by atoms with Crippen LogP contribution in [0.25, 0.3) is 200 Å². The van der Waals surface area contributed by atoms with Gasteiger partial charge in [-0.2, -0.15) is 19.9 Å². The fourth-order valence-electron chi connectivity index (χ4n) is 15.6. The highest BCUT2D eigenvalue weighted by atomic mass is 16.3. The van der Waals surface area contributed by atoms with E-state index in [0.717, 1.165) is 154 Å². The van der Waals surface area contributed by atoms with Crippen LogP contribution < -0.4 is 0 Å². The lowest BCUT2D eigenvalue weighted by Gasteiger charge is -2.12. The molecule has 0 atom stereocenters. The lowest BCUT2D eigenvalue weighted by atomic mass is 10.1. The maximum absolute atomic E-state index is 6.30. The molecule has 0 fully saturated rings. The molecule has 0 aliphatic rings. The SMILES string of the molecule is c1ccc(-c2nc(-c3ccc4oc5ccccc5c4c3)nc(-n3c4ccccc4c4ccc5c(c6ccccc6n5-c5ccccc5)c43)n2)cc1.c1ccc(-c2nc(-c3cccc4oc5ccccc5c34)nc(-n3c4ccccc4c4ccc5c(c6ccccc6n5-c5ccccc5)c43)n2)cc1. The Labute approximate surface area is 581 Å². The molecule has 8 heterocycles. The largest absolute Gasteiger partial charge is 0.456 e. The smallest absolute Gasteiger partial charge is 0.238 e. The van der Waals surface area contributed by atoms with Crippen molar-refractivity contribution >= 4 is 131 Å². The van der Waals surface area contributed by atoms with Crippen molar-refractivity contribution in [2.75, 3.05) is 0 Å². The Hall–Kier alpha value is -14.1. The van der Waals surface area contributed by atoms with Crippen LogP contribution in [-0.2, 0) is 0 Å². The number of rotatable bonds is 8. The average molecular weight is 1310 g/mol. The molecule has 476 valence electrons. The second kappa shape index (κ2) is 22.7. The summed E-state index contributed by atoms with van der Waals surface area (Å²) in [6.45, 7) is 0. The molecule has 0 saturated heterocycles. The van der Waals surface area contributed by atoms with E-state index in [1.165, 1.54) is 10.8 Å². The summed E-state index contributed by atoms with van der Waals surface area (Å²) in [7, 11) is 0. The van der Waals surface area contributed by atoms with Crippen molar-refractivity contribution in [1.29, 1.82) is 0 Å². The van der Waals surface area contributed by atoms with Gasteiger partial charge >= 0.3 is 0 Å². The standard InChI is InChI=1S/2C45H27N5O/c1-3-14-28(15-4-1)43-46-44(34-21-13-25-39-40(34)33-20-9-12-24-38(33)51-39)48-45(47-43)50-35-22-10-7-18-30(35)31-26-27-37-41(42(31)50)32-19-8-11-23-36(32)49(37)29-16-5-2-6-17-29;1-3-13-28(14-4-1)43-46-44(29-23-26-40-35(27-29)32-18-9-12-22-39(32)51-40)48-45(47-43)50-36-20-10-7-17-31(36)33-24-25-38-41(42(33)50)34-19-8-11-21-37(34)49(38)30-15-5-2-6-16-30/h2*1-27H. The van der Waals surface area contributed by atoms with Gasteiger partial charge in [0.1, 0.15) is 22.3 Å². The highest BCUT2D eigenvalue weighted by Gasteiger charge is 2.27. The lowest BCUT2D eigenvalue weighted by Crippen LogP contribution is -2.06. The van der Waals surface area contributed by atoms with Crippen LogP contribution in [0.15, 0.2) is 336 Å². The van der Waals surface area contributed by atoms with Gasteiger partial charge in [-0.25, -0.2) is 9.97 Å². The zero-order chi connectivity index (χ0) is 66.9. The van der Waals surface area contributed by atoms with Gasteiger partial charge in [-0.15, -0.1) is 0 Å². The van der Waals surface area contributed by atoms with E-state index in [-0.39, 0.29) is 0 Å². The molecular formula is C90H54N10O2. The third-order valence-electron chi connectivity index (χ3n) is 20.0. The van der Waals surface area contributed by atoms with Gasteiger partial charge in [-0.3, -0.25) is 9.13 Å². The molecule has 22 aromatic rings. The second-order valence-electron chi connectivity index (χ2n) is 25.7. The molecule has 0 radical (unpaired) electrons. The topological polar surface area (TPSA) is 123 Å². The Bertz CT molecular complexity index is 7130. The summed E-state index contributed by atoms with van der Waals surface area (Å²) in [6, 6.07) is 113. The summed E-state index contributed by atoms with van der Waals surface area (Å²) in [6.07, 6.45) is 0. The first-order valence-corrected chi connectivity index (χ1v) is 34.1. The number of fused-ring (bicyclic) bond motifs is 20. The molecule has 0 unspecified atom stereocenters. The van der Waals surface area contributed by atoms with E-state index in [2.05, 4.69) is 225 Å². The molecule has 0 aliphatic carbocycles. The third-order valence-corrected chi connectivity index (χ3v) is 20.0. The van der Waals surface area contributed by atoms with E-state index < -0.39 is 0 Å². The number of nitrogens with zero attached hydrogens (tertiary/aromatic N) is 10. The molecule has 0 bridgehead atoms. The maximum atomic E-state index is 6.30. The Morgan fingerprint density at radius 2 is 0.588 bits per heavy atom. The molecule has 14 aromatic carbocycles. The van der Waals surface area contributed by atoms with Gasteiger partial charge in [0.15, 0.2) is 23.3 Å². The summed E-state index contributed by atoms with van der Waals surface area (Å²) in [4.78, 5) is 31.4. The third kappa shape index (κ3) is 8.82. The van der Waals surface area contributed by atoms with Gasteiger partial charge in [0, 0.05) is 98.3 Å². The van der Waals surface area contributed by atoms with Crippen LogP contribution in [0, 0.1) is 0 Å². The number of hydrogen-bond acceptors (Lipinski definition) is 8. The van der Waals surface area contributed by atoms with E-state index in [0.29, 0.717) is 35.2 Å². The molecular weight excluding hydrogens is 1250 g/mol. The minimum atomic E-state index is 0.555. The van der Waals surface area contributed by atoms with E-state index in [4.69, 9.17) is 38.7 Å². The van der Waals surface area contributed by atoms with Crippen molar-refractivity contribution in [3.05, 3.63) is 328 Å². The van der Waals surface area contributed by atoms with Gasteiger partial charge < -0.3 is 18.0 Å². The first-order chi connectivity index (χ1) is 50.6. The summed E-state index contributed by atoms with van der Waals surface area (Å²) in [5.74, 6) is 3.50. The molecule has 0 amide bonds. The van der Waals surface area contributed by atoms with E-state index in [9.17, 15) is 0 Å². The Balaban J connectivity index is 0.000000133. The number of para-hydroxylation sites is 8. The quantitative estimate of drug-likeness (QED) is 0.147. The monoisotopic (exact) mass is 1310 g/mol. The van der Waals surface area contributed by atoms with E-state index in [1.807, 2.05) is 121 Å². The van der Waals surface area contributed by atoms with E-state index >= 15 is 0 Å². The highest BCUT2D eigenvalue weighted by Crippen LogP contribution is 2.45. The molecule has 0 aliphatic heterocycles. The van der Waals surface area contributed by atoms with E-state index in [1.54, 1.807) is 0 Å². The Kier molecular flexibility index (Phi) is 12.7. The molecule has 0 spiro atoms. The first-order valence-electron chi connectivity index (χ1n) is 34.1. The van der Waals surface area contributed by atoms with Gasteiger partial charge in [-0.05, 0) is 97.1 Å². The summed E-state index contributed by atoms with van der Waals surface area (Å²) >= 11 is 0. The first kappa shape index (κ1) is 57.0. The van der Waals surface area contributed by atoms with Crippen LogP contribution >= 0.6 is 0 Å². The summed E-state index contributed by atoms with van der Waals surface area (Å²) in [5, 5.41) is 13.3. The van der Waals surface area contributed by atoms with Crippen LogP contribution in [0.3, 0.4) is 0 Å². The summed E-state index contributed by atoms with van der Waals surface area (Å²) in [5.41, 5.74) is 17.9. The van der Waals surface area contributed by atoms with Crippen LogP contribution in [0.5, 0.6) is 0 Å². The van der Waals surface area contributed by atoms with Gasteiger partial charge in [-0.1, -0.05) is 231 Å². The predicted molar refractivity (Wildman–Crippen MR) is 413 cm³/mol. The van der Waals surface area contributed by atoms with Crippen molar-refractivity contribution in [2.45, 2.75) is 0 Å². The summed E-state index contributed by atoms with van der Waals surface area (Å²) < 4.78 is 21.6.